The van der Waals surface area contributed by atoms with Crippen molar-refractivity contribution in [3.8, 4) is 11.6 Å². The number of aromatic nitrogens is 2. The van der Waals surface area contributed by atoms with Gasteiger partial charge in [0.15, 0.2) is 0 Å². The maximum atomic E-state index is 13.3. The monoisotopic (exact) mass is 430 g/mol. The number of esters is 1. The molecule has 0 unspecified atom stereocenters. The lowest BCUT2D eigenvalue weighted by atomic mass is 10.1. The number of aryl methyl sites for hydroxylation is 1. The molecule has 0 radical (unpaired) electrons. The van der Waals surface area contributed by atoms with Gasteiger partial charge in [0.05, 0.1) is 13.0 Å². The van der Waals surface area contributed by atoms with E-state index in [0.29, 0.717) is 49.3 Å². The first-order chi connectivity index (χ1) is 14.9. The summed E-state index contributed by atoms with van der Waals surface area (Å²) in [7, 11) is 0. The van der Waals surface area contributed by atoms with Gasteiger partial charge in [-0.05, 0) is 44.5 Å². The molecule has 1 fully saturated rings. The molecule has 0 bridgehead atoms. The molecule has 0 aliphatic carbocycles. The van der Waals surface area contributed by atoms with Gasteiger partial charge >= 0.3 is 5.97 Å². The Hall–Kier alpha value is -3.23. The fraction of sp³-hybridized carbons (Fsp3) is 0.455. The highest BCUT2D eigenvalue weighted by Crippen LogP contribution is 2.26. The highest BCUT2D eigenvalue weighted by Gasteiger charge is 2.28. The molecule has 1 aromatic carbocycles. The van der Waals surface area contributed by atoms with Gasteiger partial charge in [-0.25, -0.2) is 14.4 Å². The minimum Gasteiger partial charge on any atom is -0.466 e. The lowest BCUT2D eigenvalue weighted by molar-refractivity contribution is -0.146. The molecule has 0 saturated carbocycles. The average molecular weight is 430 g/mol. The third kappa shape index (κ3) is 5.90. The Morgan fingerprint density at radius 2 is 2.00 bits per heavy atom. The summed E-state index contributed by atoms with van der Waals surface area (Å²) in [4.78, 5) is 36.3. The van der Waals surface area contributed by atoms with Gasteiger partial charge in [-0.15, -0.1) is 0 Å². The molecule has 8 nitrogen and oxygen atoms in total. The number of rotatable bonds is 7. The Bertz CT molecular complexity index is 939. The van der Waals surface area contributed by atoms with E-state index in [1.54, 1.807) is 30.9 Å². The van der Waals surface area contributed by atoms with Gasteiger partial charge in [-0.1, -0.05) is 0 Å². The molecule has 1 amide bonds. The Kier molecular flexibility index (Phi) is 7.38. The molecule has 0 N–H and O–H groups in total. The second-order valence-electron chi connectivity index (χ2n) is 7.41. The molecule has 9 heteroatoms. The van der Waals surface area contributed by atoms with Gasteiger partial charge in [0.1, 0.15) is 23.7 Å². The van der Waals surface area contributed by atoms with E-state index in [-0.39, 0.29) is 36.6 Å². The van der Waals surface area contributed by atoms with Crippen LogP contribution in [0.4, 0.5) is 10.2 Å². The molecule has 1 aliphatic heterocycles. The zero-order chi connectivity index (χ0) is 22.4. The predicted octanol–water partition coefficient (Wildman–Crippen LogP) is 3.10. The van der Waals surface area contributed by atoms with E-state index < -0.39 is 0 Å². The molecule has 1 atom stereocenters. The number of hydrogen-bond donors (Lipinski definition) is 0. The number of anilines is 1. The number of carbonyl (C=O) groups excluding carboxylic acids is 2. The van der Waals surface area contributed by atoms with Crippen LogP contribution >= 0.6 is 0 Å². The zero-order valence-electron chi connectivity index (χ0n) is 18.0. The molecule has 1 aliphatic rings. The fourth-order valence-corrected chi connectivity index (χ4v) is 3.52. The Labute approximate surface area is 181 Å². The van der Waals surface area contributed by atoms with E-state index in [4.69, 9.17) is 9.47 Å². The average Bonchev–Trinajstić information content (AvgIpc) is 2.74. The molecule has 1 saturated heterocycles. The first-order valence-electron chi connectivity index (χ1n) is 10.3. The normalized spacial score (nSPS) is 16.2. The van der Waals surface area contributed by atoms with Crippen molar-refractivity contribution in [2.24, 2.45) is 0 Å². The van der Waals surface area contributed by atoms with Crippen LogP contribution in [0.15, 0.2) is 30.6 Å². The van der Waals surface area contributed by atoms with E-state index in [0.717, 1.165) is 0 Å². The van der Waals surface area contributed by atoms with Crippen molar-refractivity contribution in [3.63, 3.8) is 0 Å². The van der Waals surface area contributed by atoms with Crippen LogP contribution in [-0.2, 0) is 14.3 Å². The van der Waals surface area contributed by atoms with Crippen LogP contribution in [0.25, 0.3) is 0 Å². The van der Waals surface area contributed by atoms with Crippen molar-refractivity contribution in [1.82, 2.24) is 14.9 Å². The molecule has 2 aromatic rings. The summed E-state index contributed by atoms with van der Waals surface area (Å²) in [6.07, 6.45) is 1.66. The summed E-state index contributed by atoms with van der Waals surface area (Å²) in [6, 6.07) is 5.99. The van der Waals surface area contributed by atoms with Crippen LogP contribution in [-0.4, -0.2) is 59.0 Å². The summed E-state index contributed by atoms with van der Waals surface area (Å²) in [5.74, 6) is 0.842. The molecule has 166 valence electrons. The van der Waals surface area contributed by atoms with Crippen molar-refractivity contribution in [3.05, 3.63) is 42.0 Å². The number of carbonyl (C=O) groups is 2. The lowest BCUT2D eigenvalue weighted by Crippen LogP contribution is -2.54. The number of benzene rings is 1. The number of hydrogen-bond acceptors (Lipinski definition) is 7. The van der Waals surface area contributed by atoms with Crippen molar-refractivity contribution >= 4 is 17.7 Å². The van der Waals surface area contributed by atoms with Gasteiger partial charge in [-0.3, -0.25) is 9.59 Å². The maximum Gasteiger partial charge on any atom is 0.306 e. The van der Waals surface area contributed by atoms with E-state index in [9.17, 15) is 14.0 Å². The van der Waals surface area contributed by atoms with Crippen molar-refractivity contribution in [1.29, 1.82) is 0 Å². The summed E-state index contributed by atoms with van der Waals surface area (Å²) in [6.45, 7) is 7.51. The minimum atomic E-state index is -0.355. The molecule has 3 rings (SSSR count). The quantitative estimate of drug-likeness (QED) is 0.624. The zero-order valence-corrected chi connectivity index (χ0v) is 18.0. The van der Waals surface area contributed by atoms with Crippen LogP contribution in [0.5, 0.6) is 11.6 Å². The molecular formula is C22H27FN4O4. The standard InChI is InChI=1S/C22H27FN4O4/c1-4-30-22(29)8-7-21(28)27-10-9-26(13-16(27)3)19-12-20(25-14-24-19)31-18-6-5-17(23)11-15(18)2/h5-6,11-12,14,16H,4,7-10,13H2,1-3H3/t16-/m0/s1. The van der Waals surface area contributed by atoms with Crippen LogP contribution in [0, 0.1) is 12.7 Å². The minimum absolute atomic E-state index is 0.0397. The van der Waals surface area contributed by atoms with Crippen LogP contribution in [0.1, 0.15) is 32.3 Å². The smallest absolute Gasteiger partial charge is 0.306 e. The number of piperazine rings is 1. The molecule has 31 heavy (non-hydrogen) atoms. The Morgan fingerprint density at radius 3 is 2.71 bits per heavy atom. The van der Waals surface area contributed by atoms with Gasteiger partial charge in [0.25, 0.3) is 0 Å². The van der Waals surface area contributed by atoms with Crippen molar-refractivity contribution in [2.45, 2.75) is 39.7 Å². The first kappa shape index (κ1) is 22.5. The summed E-state index contributed by atoms with van der Waals surface area (Å²) >= 11 is 0. The lowest BCUT2D eigenvalue weighted by Gasteiger charge is -2.40. The second-order valence-corrected chi connectivity index (χ2v) is 7.41. The Balaban J connectivity index is 1.60. The summed E-state index contributed by atoms with van der Waals surface area (Å²) in [5.41, 5.74) is 0.670. The number of halogens is 1. The predicted molar refractivity (Wildman–Crippen MR) is 112 cm³/mol. The van der Waals surface area contributed by atoms with E-state index in [1.807, 2.05) is 6.92 Å². The third-order valence-electron chi connectivity index (χ3n) is 5.10. The van der Waals surface area contributed by atoms with E-state index in [2.05, 4.69) is 14.9 Å². The SMILES string of the molecule is CCOC(=O)CCC(=O)N1CCN(c2cc(Oc3ccc(F)cc3C)ncn2)C[C@@H]1C. The number of amides is 1. The van der Waals surface area contributed by atoms with E-state index >= 15 is 0 Å². The molecular weight excluding hydrogens is 403 g/mol. The van der Waals surface area contributed by atoms with Crippen molar-refractivity contribution in [2.75, 3.05) is 31.1 Å². The highest BCUT2D eigenvalue weighted by atomic mass is 19.1. The van der Waals surface area contributed by atoms with Crippen LogP contribution < -0.4 is 9.64 Å². The van der Waals surface area contributed by atoms with E-state index in [1.165, 1.54) is 18.5 Å². The largest absolute Gasteiger partial charge is 0.466 e. The molecule has 2 heterocycles. The number of ether oxygens (including phenoxy) is 2. The topological polar surface area (TPSA) is 84.9 Å². The highest BCUT2D eigenvalue weighted by molar-refractivity contribution is 5.81. The van der Waals surface area contributed by atoms with Gasteiger partial charge in [0, 0.05) is 38.2 Å². The first-order valence-corrected chi connectivity index (χ1v) is 10.3. The summed E-state index contributed by atoms with van der Waals surface area (Å²) < 4.78 is 24.0. The Morgan fingerprint density at radius 1 is 1.19 bits per heavy atom. The van der Waals surface area contributed by atoms with Gasteiger partial charge in [0.2, 0.25) is 11.8 Å². The molecule has 1 aromatic heterocycles. The van der Waals surface area contributed by atoms with Crippen LogP contribution in [0.2, 0.25) is 0 Å². The fourth-order valence-electron chi connectivity index (χ4n) is 3.52. The second kappa shape index (κ2) is 10.2. The maximum absolute atomic E-state index is 13.3. The number of nitrogens with zero attached hydrogens (tertiary/aromatic N) is 4. The van der Waals surface area contributed by atoms with Gasteiger partial charge < -0.3 is 19.3 Å². The van der Waals surface area contributed by atoms with Crippen LogP contribution in [0.3, 0.4) is 0 Å². The van der Waals surface area contributed by atoms with Crippen molar-refractivity contribution < 1.29 is 23.5 Å². The van der Waals surface area contributed by atoms with Gasteiger partial charge in [-0.2, -0.15) is 0 Å². The third-order valence-corrected chi connectivity index (χ3v) is 5.10. The summed E-state index contributed by atoms with van der Waals surface area (Å²) in [5, 5.41) is 0. The molecule has 0 spiro atoms.